The number of hydrogen-bond donors (Lipinski definition) is 1. The molecule has 3 rings (SSSR count). The van der Waals surface area contributed by atoms with E-state index in [0.29, 0.717) is 35.5 Å². The van der Waals surface area contributed by atoms with Gasteiger partial charge in [0.15, 0.2) is 11.5 Å². The van der Waals surface area contributed by atoms with E-state index in [9.17, 15) is 13.6 Å². The van der Waals surface area contributed by atoms with Gasteiger partial charge in [-0.15, -0.1) is 11.8 Å². The SMILES string of the molecule is O=C(CSCc1cc(Cl)c2c(c1)OCCCO2)Nc1ccc(F)cc1F. The molecule has 26 heavy (non-hydrogen) atoms. The van der Waals surface area contributed by atoms with E-state index in [-0.39, 0.29) is 17.3 Å². The molecule has 0 saturated carbocycles. The van der Waals surface area contributed by atoms with Crippen molar-refractivity contribution in [3.8, 4) is 11.5 Å². The standard InChI is InChI=1S/C18H16ClF2NO3S/c19-13-6-11(7-16-18(13)25-5-1-4-24-16)9-26-10-17(23)22-15-3-2-12(20)8-14(15)21/h2-3,6-8H,1,4-5,9-10H2,(H,22,23). The number of benzene rings is 2. The van der Waals surface area contributed by atoms with E-state index in [1.807, 2.05) is 6.07 Å². The van der Waals surface area contributed by atoms with Gasteiger partial charge in [-0.1, -0.05) is 11.6 Å². The first-order valence-electron chi connectivity index (χ1n) is 7.93. The molecule has 4 nitrogen and oxygen atoms in total. The lowest BCUT2D eigenvalue weighted by Crippen LogP contribution is -2.15. The largest absolute Gasteiger partial charge is 0.489 e. The van der Waals surface area contributed by atoms with Crippen LogP contribution in [0.2, 0.25) is 5.02 Å². The van der Waals surface area contributed by atoms with E-state index in [4.69, 9.17) is 21.1 Å². The highest BCUT2D eigenvalue weighted by Crippen LogP contribution is 2.38. The molecule has 0 saturated heterocycles. The van der Waals surface area contributed by atoms with Crippen LogP contribution in [0.5, 0.6) is 11.5 Å². The van der Waals surface area contributed by atoms with Crippen LogP contribution in [0.4, 0.5) is 14.5 Å². The molecule has 0 aromatic heterocycles. The molecule has 1 amide bonds. The third kappa shape index (κ3) is 4.80. The lowest BCUT2D eigenvalue weighted by atomic mass is 10.2. The summed E-state index contributed by atoms with van der Waals surface area (Å²) in [4.78, 5) is 11.9. The Morgan fingerprint density at radius 2 is 2.00 bits per heavy atom. The maximum absolute atomic E-state index is 13.5. The average molecular weight is 400 g/mol. The summed E-state index contributed by atoms with van der Waals surface area (Å²) in [5.41, 5.74) is 0.848. The molecular formula is C18H16ClF2NO3S. The number of amides is 1. The monoisotopic (exact) mass is 399 g/mol. The highest BCUT2D eigenvalue weighted by Gasteiger charge is 2.16. The second-order valence-corrected chi connectivity index (χ2v) is 7.01. The lowest BCUT2D eigenvalue weighted by molar-refractivity contribution is -0.113. The molecule has 2 aromatic rings. The second kappa shape index (κ2) is 8.60. The maximum Gasteiger partial charge on any atom is 0.234 e. The third-order valence-electron chi connectivity index (χ3n) is 3.57. The normalized spacial score (nSPS) is 13.2. The maximum atomic E-state index is 13.5. The van der Waals surface area contributed by atoms with Crippen molar-refractivity contribution in [2.24, 2.45) is 0 Å². The summed E-state index contributed by atoms with van der Waals surface area (Å²) >= 11 is 7.58. The molecule has 2 aromatic carbocycles. The molecule has 1 N–H and O–H groups in total. The first-order chi connectivity index (χ1) is 12.5. The van der Waals surface area contributed by atoms with E-state index in [2.05, 4.69) is 5.32 Å². The van der Waals surface area contributed by atoms with E-state index < -0.39 is 11.6 Å². The van der Waals surface area contributed by atoms with Gasteiger partial charge in [-0.3, -0.25) is 4.79 Å². The Hall–Kier alpha value is -1.99. The van der Waals surface area contributed by atoms with Gasteiger partial charge in [-0.05, 0) is 29.8 Å². The number of carbonyl (C=O) groups excluding carboxylic acids is 1. The number of anilines is 1. The molecule has 1 aliphatic rings. The van der Waals surface area contributed by atoms with Crippen molar-refractivity contribution in [3.05, 3.63) is 52.6 Å². The number of thioether (sulfide) groups is 1. The van der Waals surface area contributed by atoms with Gasteiger partial charge >= 0.3 is 0 Å². The molecule has 1 aliphatic heterocycles. The van der Waals surface area contributed by atoms with Crippen LogP contribution in [0.15, 0.2) is 30.3 Å². The number of ether oxygens (including phenoxy) is 2. The molecule has 1 heterocycles. The zero-order valence-corrected chi connectivity index (χ0v) is 15.3. The number of carbonyl (C=O) groups is 1. The van der Waals surface area contributed by atoms with E-state index in [0.717, 1.165) is 24.1 Å². The predicted molar refractivity (Wildman–Crippen MR) is 98.2 cm³/mol. The number of halogens is 3. The fourth-order valence-corrected chi connectivity index (χ4v) is 3.46. The quantitative estimate of drug-likeness (QED) is 0.795. The Kier molecular flexibility index (Phi) is 6.21. The van der Waals surface area contributed by atoms with Crippen molar-refractivity contribution < 1.29 is 23.0 Å². The molecule has 138 valence electrons. The van der Waals surface area contributed by atoms with Crippen LogP contribution in [-0.2, 0) is 10.5 Å². The fraction of sp³-hybridized carbons (Fsp3) is 0.278. The summed E-state index contributed by atoms with van der Waals surface area (Å²) in [5.74, 6) is -0.0931. The van der Waals surface area contributed by atoms with Gasteiger partial charge < -0.3 is 14.8 Å². The Morgan fingerprint density at radius 1 is 1.19 bits per heavy atom. The van der Waals surface area contributed by atoms with E-state index in [1.165, 1.54) is 17.8 Å². The van der Waals surface area contributed by atoms with Crippen molar-refractivity contribution in [2.75, 3.05) is 24.3 Å². The summed E-state index contributed by atoms with van der Waals surface area (Å²) in [6.07, 6.45) is 0.787. The van der Waals surface area contributed by atoms with Gasteiger partial charge in [0, 0.05) is 18.2 Å². The number of fused-ring (bicyclic) bond motifs is 1. The lowest BCUT2D eigenvalue weighted by Gasteiger charge is -2.11. The summed E-state index contributed by atoms with van der Waals surface area (Å²) < 4.78 is 37.6. The molecule has 0 radical (unpaired) electrons. The zero-order chi connectivity index (χ0) is 18.5. The van der Waals surface area contributed by atoms with E-state index >= 15 is 0 Å². The minimum Gasteiger partial charge on any atom is -0.489 e. The topological polar surface area (TPSA) is 47.6 Å². The van der Waals surface area contributed by atoms with Crippen LogP contribution in [0.3, 0.4) is 0 Å². The molecular weight excluding hydrogens is 384 g/mol. The van der Waals surface area contributed by atoms with E-state index in [1.54, 1.807) is 6.07 Å². The van der Waals surface area contributed by atoms with Gasteiger partial charge in [-0.2, -0.15) is 0 Å². The summed E-state index contributed by atoms with van der Waals surface area (Å²) in [6.45, 7) is 1.12. The van der Waals surface area contributed by atoms with Crippen LogP contribution in [0, 0.1) is 11.6 Å². The van der Waals surface area contributed by atoms with Gasteiger partial charge in [0.2, 0.25) is 5.91 Å². The predicted octanol–water partition coefficient (Wildman–Crippen LogP) is 4.65. The van der Waals surface area contributed by atoms with Crippen LogP contribution >= 0.6 is 23.4 Å². The van der Waals surface area contributed by atoms with Gasteiger partial charge in [0.25, 0.3) is 0 Å². The van der Waals surface area contributed by atoms with Gasteiger partial charge in [-0.25, -0.2) is 8.78 Å². The Bertz CT molecular complexity index is 819. The molecule has 0 bridgehead atoms. The zero-order valence-electron chi connectivity index (χ0n) is 13.7. The molecule has 8 heteroatoms. The van der Waals surface area contributed by atoms with Crippen molar-refractivity contribution >= 4 is 35.0 Å². The molecule has 0 spiro atoms. The van der Waals surface area contributed by atoms with Crippen molar-refractivity contribution in [3.63, 3.8) is 0 Å². The number of rotatable bonds is 5. The van der Waals surface area contributed by atoms with Crippen LogP contribution in [0.1, 0.15) is 12.0 Å². The Balaban J connectivity index is 1.55. The second-order valence-electron chi connectivity index (χ2n) is 5.62. The fourth-order valence-electron chi connectivity index (χ4n) is 2.41. The van der Waals surface area contributed by atoms with Crippen LogP contribution in [0.25, 0.3) is 0 Å². The van der Waals surface area contributed by atoms with Crippen molar-refractivity contribution in [1.82, 2.24) is 0 Å². The van der Waals surface area contributed by atoms with Crippen LogP contribution < -0.4 is 14.8 Å². The smallest absolute Gasteiger partial charge is 0.234 e. The summed E-state index contributed by atoms with van der Waals surface area (Å²) in [7, 11) is 0. The third-order valence-corrected chi connectivity index (χ3v) is 4.85. The average Bonchev–Trinajstić information content (AvgIpc) is 2.83. The molecule has 0 fully saturated rings. The minimum absolute atomic E-state index is 0.0457. The summed E-state index contributed by atoms with van der Waals surface area (Å²) in [6, 6.07) is 6.63. The Labute approximate surface area is 158 Å². The first-order valence-corrected chi connectivity index (χ1v) is 9.47. The van der Waals surface area contributed by atoms with Gasteiger partial charge in [0.1, 0.15) is 11.6 Å². The van der Waals surface area contributed by atoms with Gasteiger partial charge in [0.05, 0.1) is 29.7 Å². The minimum atomic E-state index is -0.807. The highest BCUT2D eigenvalue weighted by molar-refractivity contribution is 7.99. The highest BCUT2D eigenvalue weighted by atomic mass is 35.5. The number of hydrogen-bond acceptors (Lipinski definition) is 4. The molecule has 0 unspecified atom stereocenters. The summed E-state index contributed by atoms with van der Waals surface area (Å²) in [5, 5.41) is 2.89. The first kappa shape index (κ1) is 18.8. The number of nitrogens with one attached hydrogen (secondary N) is 1. The molecule has 0 aliphatic carbocycles. The Morgan fingerprint density at radius 3 is 2.81 bits per heavy atom. The van der Waals surface area contributed by atoms with Crippen molar-refractivity contribution in [2.45, 2.75) is 12.2 Å². The molecule has 0 atom stereocenters. The van der Waals surface area contributed by atoms with Crippen molar-refractivity contribution in [1.29, 1.82) is 0 Å². The van der Waals surface area contributed by atoms with Crippen LogP contribution in [-0.4, -0.2) is 24.9 Å².